The molecule has 2 nitrogen and oxygen atoms in total. The molecule has 0 radical (unpaired) electrons. The first-order valence-electron chi connectivity index (χ1n) is 9.89. The van der Waals surface area contributed by atoms with Gasteiger partial charge in [-0.15, -0.1) is 0 Å². The van der Waals surface area contributed by atoms with E-state index in [2.05, 4.69) is 0 Å². The molecule has 2 aliphatic rings. The normalized spacial score (nSPS) is 21.1. The summed E-state index contributed by atoms with van der Waals surface area (Å²) in [4.78, 5) is 0. The average Bonchev–Trinajstić information content (AvgIpc) is 2.96. The number of fused-ring (bicyclic) bond motifs is 8. The van der Waals surface area contributed by atoms with Gasteiger partial charge in [0.15, 0.2) is 0 Å². The molecule has 154 valence electrons. The van der Waals surface area contributed by atoms with Gasteiger partial charge >= 0.3 is 6.18 Å². The summed E-state index contributed by atoms with van der Waals surface area (Å²) >= 11 is 0. The third-order valence-corrected chi connectivity index (χ3v) is 5.93. The minimum atomic E-state index is -4.42. The molecule has 30 heavy (non-hydrogen) atoms. The largest absolute Gasteiger partial charge is 0.482 e. The van der Waals surface area contributed by atoms with Gasteiger partial charge in [-0.25, -0.2) is 0 Å². The highest BCUT2D eigenvalue weighted by atomic mass is 19.4. The molecule has 3 aromatic carbocycles. The topological polar surface area (TPSA) is 18.5 Å². The van der Waals surface area contributed by atoms with Crippen LogP contribution >= 0.6 is 0 Å². The third kappa shape index (κ3) is 2.76. The fourth-order valence-electron chi connectivity index (χ4n) is 4.68. The number of rotatable bonds is 2. The number of benzene rings is 3. The van der Waals surface area contributed by atoms with Gasteiger partial charge in [-0.1, -0.05) is 54.6 Å². The minimum Gasteiger partial charge on any atom is -0.482 e. The molecule has 1 aliphatic carbocycles. The molecule has 0 aromatic heterocycles. The summed E-state index contributed by atoms with van der Waals surface area (Å²) in [5.41, 5.74) is 2.30. The zero-order chi connectivity index (χ0) is 21.3. The predicted octanol–water partition coefficient (Wildman–Crippen LogP) is 6.85. The molecule has 0 spiro atoms. The van der Waals surface area contributed by atoms with Gasteiger partial charge in [0.25, 0.3) is 0 Å². The van der Waals surface area contributed by atoms with Crippen LogP contribution in [-0.2, 0) is 10.3 Å². The summed E-state index contributed by atoms with van der Waals surface area (Å²) in [5, 5.41) is 1.89. The van der Waals surface area contributed by atoms with Crippen molar-refractivity contribution in [1.82, 2.24) is 0 Å². The number of alkyl halides is 3. The Hall–Kier alpha value is -2.79. The van der Waals surface area contributed by atoms with Crippen molar-refractivity contribution >= 4 is 16.8 Å². The van der Waals surface area contributed by atoms with Gasteiger partial charge in [-0.05, 0) is 48.9 Å². The van der Waals surface area contributed by atoms with Gasteiger partial charge in [0.1, 0.15) is 23.6 Å². The summed E-state index contributed by atoms with van der Waals surface area (Å²) < 4.78 is 51.5. The van der Waals surface area contributed by atoms with Crippen LogP contribution in [-0.4, -0.2) is 18.4 Å². The lowest BCUT2D eigenvalue weighted by atomic mass is 9.85. The van der Waals surface area contributed by atoms with E-state index in [4.69, 9.17) is 9.47 Å². The Labute approximate surface area is 172 Å². The molecule has 1 aliphatic heterocycles. The number of halogens is 3. The smallest absolute Gasteiger partial charge is 0.411 e. The highest BCUT2D eigenvalue weighted by Gasteiger charge is 2.47. The maximum Gasteiger partial charge on any atom is 0.411 e. The van der Waals surface area contributed by atoms with Crippen molar-refractivity contribution in [2.24, 2.45) is 0 Å². The average molecular weight is 410 g/mol. The van der Waals surface area contributed by atoms with E-state index in [1.165, 1.54) is 0 Å². The van der Waals surface area contributed by atoms with Gasteiger partial charge in [-0.3, -0.25) is 0 Å². The molecule has 0 bridgehead atoms. The molecule has 0 fully saturated rings. The van der Waals surface area contributed by atoms with E-state index in [1.807, 2.05) is 74.5 Å². The summed E-state index contributed by atoms with van der Waals surface area (Å²) in [7, 11) is 0. The zero-order valence-corrected chi connectivity index (χ0v) is 16.9. The van der Waals surface area contributed by atoms with Crippen LogP contribution < -0.4 is 4.74 Å². The van der Waals surface area contributed by atoms with E-state index in [9.17, 15) is 13.2 Å². The van der Waals surface area contributed by atoms with E-state index in [0.717, 1.165) is 38.6 Å². The van der Waals surface area contributed by atoms with Crippen LogP contribution in [0.5, 0.6) is 5.75 Å². The summed E-state index contributed by atoms with van der Waals surface area (Å²) in [6.07, 6.45) is -0.519. The fraction of sp³-hybridized carbons (Fsp3) is 0.280. The van der Waals surface area contributed by atoms with Crippen molar-refractivity contribution in [3.05, 3.63) is 71.3 Å². The van der Waals surface area contributed by atoms with Gasteiger partial charge in [0.05, 0.1) is 0 Å². The lowest BCUT2D eigenvalue weighted by molar-refractivity contribution is -0.197. The lowest BCUT2D eigenvalue weighted by Gasteiger charge is -2.34. The van der Waals surface area contributed by atoms with Crippen LogP contribution in [0.3, 0.4) is 0 Å². The molecule has 5 heteroatoms. The van der Waals surface area contributed by atoms with E-state index in [0.29, 0.717) is 5.75 Å². The Kier molecular flexibility index (Phi) is 3.91. The monoisotopic (exact) mass is 410 g/mol. The van der Waals surface area contributed by atoms with E-state index < -0.39 is 24.0 Å². The number of ether oxygens (including phenoxy) is 2. The maximum absolute atomic E-state index is 13.2. The van der Waals surface area contributed by atoms with Gasteiger partial charge in [-0.2, -0.15) is 13.2 Å². The second-order valence-electron chi connectivity index (χ2n) is 8.56. The molecule has 1 heterocycles. The number of hydrogen-bond donors (Lipinski definition) is 0. The first-order valence-corrected chi connectivity index (χ1v) is 9.89. The highest BCUT2D eigenvalue weighted by Crippen LogP contribution is 2.57. The molecule has 0 amide bonds. The standard InChI is InChI=1S/C25H21F3O2/c1-23(2)13-12-18-21-20(15-8-4-5-9-16(15)22(18)30-23)17-10-6-7-11-19(17)24(21,3)29-14-25(26,27)28/h4-13H,14H2,1-3H3. The van der Waals surface area contributed by atoms with Crippen LogP contribution in [0.1, 0.15) is 37.5 Å². The van der Waals surface area contributed by atoms with Crippen LogP contribution in [0, 0.1) is 0 Å². The van der Waals surface area contributed by atoms with E-state index in [1.54, 1.807) is 6.92 Å². The van der Waals surface area contributed by atoms with E-state index in [-0.39, 0.29) is 0 Å². The highest BCUT2D eigenvalue weighted by molar-refractivity contribution is 6.08. The van der Waals surface area contributed by atoms with Crippen LogP contribution in [0.25, 0.3) is 28.0 Å². The molecule has 0 saturated carbocycles. The Morgan fingerprint density at radius 3 is 2.33 bits per heavy atom. The lowest BCUT2D eigenvalue weighted by Crippen LogP contribution is -2.33. The minimum absolute atomic E-state index is 0.515. The van der Waals surface area contributed by atoms with Crippen molar-refractivity contribution in [1.29, 1.82) is 0 Å². The van der Waals surface area contributed by atoms with Gasteiger partial charge < -0.3 is 9.47 Å². The van der Waals surface area contributed by atoms with Crippen molar-refractivity contribution in [2.75, 3.05) is 6.61 Å². The molecule has 1 atom stereocenters. The van der Waals surface area contributed by atoms with Crippen molar-refractivity contribution in [3.8, 4) is 16.9 Å². The first-order chi connectivity index (χ1) is 14.1. The molecular weight excluding hydrogens is 389 g/mol. The summed E-state index contributed by atoms with van der Waals surface area (Å²) in [6.45, 7) is 4.33. The quantitative estimate of drug-likeness (QED) is 0.460. The Balaban J connectivity index is 1.88. The molecule has 0 saturated heterocycles. The van der Waals surface area contributed by atoms with Crippen molar-refractivity contribution < 1.29 is 22.6 Å². The summed E-state index contributed by atoms with van der Waals surface area (Å²) in [5.74, 6) is 0.687. The van der Waals surface area contributed by atoms with Crippen LogP contribution in [0.2, 0.25) is 0 Å². The van der Waals surface area contributed by atoms with Crippen molar-refractivity contribution in [3.63, 3.8) is 0 Å². The van der Waals surface area contributed by atoms with E-state index >= 15 is 0 Å². The zero-order valence-electron chi connectivity index (χ0n) is 16.9. The van der Waals surface area contributed by atoms with Crippen LogP contribution in [0.4, 0.5) is 13.2 Å². The fourth-order valence-corrected chi connectivity index (χ4v) is 4.68. The van der Waals surface area contributed by atoms with Gasteiger partial charge in [0, 0.05) is 16.5 Å². The van der Waals surface area contributed by atoms with Crippen LogP contribution in [0.15, 0.2) is 54.6 Å². The first kappa shape index (κ1) is 19.2. The maximum atomic E-state index is 13.2. The summed E-state index contributed by atoms with van der Waals surface area (Å²) in [6, 6.07) is 15.4. The van der Waals surface area contributed by atoms with Crippen molar-refractivity contribution in [2.45, 2.75) is 38.1 Å². The second-order valence-corrected chi connectivity index (χ2v) is 8.56. The molecule has 1 unspecified atom stereocenters. The Bertz CT molecular complexity index is 1210. The SMILES string of the molecule is CC1(C)C=Cc2c3c(c4ccccc4c2O1)-c1ccccc1C3(C)OCC(F)(F)F. The molecule has 0 N–H and O–H groups in total. The predicted molar refractivity (Wildman–Crippen MR) is 112 cm³/mol. The molecular formula is C25H21F3O2. The Morgan fingerprint density at radius 2 is 1.60 bits per heavy atom. The molecule has 3 aromatic rings. The Morgan fingerprint density at radius 1 is 0.933 bits per heavy atom. The molecule has 5 rings (SSSR count). The van der Waals surface area contributed by atoms with Gasteiger partial charge in [0.2, 0.25) is 0 Å². The second kappa shape index (κ2) is 6.11. The number of hydrogen-bond acceptors (Lipinski definition) is 2. The third-order valence-electron chi connectivity index (χ3n) is 5.93.